The zero-order chi connectivity index (χ0) is 40.1. The Morgan fingerprint density at radius 2 is 0.702 bits per heavy atom. The van der Waals surface area contributed by atoms with Gasteiger partial charge in [0, 0.05) is 12.5 Å². The summed E-state index contributed by atoms with van der Waals surface area (Å²) in [5.74, 6) is 0.0339. The number of fused-ring (bicyclic) bond motifs is 3. The second kappa shape index (κ2) is 35.2. The first kappa shape index (κ1) is 48.6. The number of carbonyl (C=O) groups is 1. The zero-order valence-electron chi connectivity index (χ0n) is 33.5. The fourth-order valence-electron chi connectivity index (χ4n) is 5.46. The third kappa shape index (κ3) is 24.0. The van der Waals surface area contributed by atoms with Crippen LogP contribution in [0.4, 0.5) is 4.79 Å². The van der Waals surface area contributed by atoms with E-state index in [1.165, 1.54) is 22.3 Å². The van der Waals surface area contributed by atoms with Crippen LogP contribution in [0.1, 0.15) is 17.0 Å². The molecule has 0 radical (unpaired) electrons. The fourth-order valence-corrected chi connectivity index (χ4v) is 5.46. The van der Waals surface area contributed by atoms with Crippen LogP contribution in [0.2, 0.25) is 0 Å². The summed E-state index contributed by atoms with van der Waals surface area (Å²) in [6.07, 6.45) is -0.455. The molecule has 0 spiro atoms. The molecule has 0 saturated carbocycles. The highest BCUT2D eigenvalue weighted by atomic mass is 16.6. The number of hydrogen-bond acceptors (Lipinski definition) is 15. The van der Waals surface area contributed by atoms with E-state index >= 15 is 0 Å². The monoisotopic (exact) mass is 811 g/mol. The molecule has 0 aliphatic heterocycles. The molecule has 0 heterocycles. The van der Waals surface area contributed by atoms with Crippen molar-refractivity contribution in [3.8, 4) is 11.1 Å². The van der Waals surface area contributed by atoms with Gasteiger partial charge in [-0.15, -0.1) is 0 Å². The van der Waals surface area contributed by atoms with E-state index in [0.717, 1.165) is 0 Å². The van der Waals surface area contributed by atoms with Crippen LogP contribution < -0.4 is 5.32 Å². The van der Waals surface area contributed by atoms with Gasteiger partial charge >= 0.3 is 6.09 Å². The topological polar surface area (TPSA) is 169 Å². The molecule has 0 unspecified atom stereocenters. The highest BCUT2D eigenvalue weighted by Crippen LogP contribution is 2.44. The first-order valence-electron chi connectivity index (χ1n) is 19.9. The van der Waals surface area contributed by atoms with Crippen molar-refractivity contribution in [2.45, 2.75) is 5.92 Å². The summed E-state index contributed by atoms with van der Waals surface area (Å²) in [5, 5.41) is 11.3. The van der Waals surface area contributed by atoms with Crippen molar-refractivity contribution in [2.75, 3.05) is 178 Å². The maximum Gasteiger partial charge on any atom is 0.407 e. The average Bonchev–Trinajstić information content (AvgIpc) is 3.55. The molecular weight excluding hydrogens is 746 g/mol. The Bertz CT molecular complexity index is 1200. The molecular formula is C41H65NO15. The lowest BCUT2D eigenvalue weighted by Crippen LogP contribution is -2.29. The fraction of sp³-hybridized carbons (Fsp3) is 0.683. The van der Waals surface area contributed by atoms with Gasteiger partial charge in [0.05, 0.1) is 165 Å². The Hall–Kier alpha value is -2.81. The lowest BCUT2D eigenvalue weighted by Gasteiger charge is -2.14. The van der Waals surface area contributed by atoms with Crippen LogP contribution in [0, 0.1) is 0 Å². The summed E-state index contributed by atoms with van der Waals surface area (Å²) in [6.45, 7) is 11.9. The smallest absolute Gasteiger partial charge is 0.407 e. The van der Waals surface area contributed by atoms with Crippen LogP contribution in [0.5, 0.6) is 0 Å². The minimum absolute atomic E-state index is 0.0199. The molecule has 16 heteroatoms. The molecule has 0 aromatic heterocycles. The van der Waals surface area contributed by atoms with E-state index in [9.17, 15) is 4.79 Å². The summed E-state index contributed by atoms with van der Waals surface area (Å²) in [4.78, 5) is 12.2. The first-order chi connectivity index (χ1) is 28.3. The van der Waals surface area contributed by atoms with E-state index in [0.29, 0.717) is 165 Å². The number of aliphatic hydroxyl groups excluding tert-OH is 1. The number of rotatable bonds is 40. The molecule has 2 N–H and O–H groups in total. The second-order valence-electron chi connectivity index (χ2n) is 12.3. The van der Waals surface area contributed by atoms with E-state index < -0.39 is 6.09 Å². The highest BCUT2D eigenvalue weighted by molar-refractivity contribution is 5.79. The Balaban J connectivity index is 0.931. The van der Waals surface area contributed by atoms with Crippen molar-refractivity contribution in [3.05, 3.63) is 59.7 Å². The summed E-state index contributed by atoms with van der Waals surface area (Å²) in [7, 11) is 0. The lowest BCUT2D eigenvalue weighted by atomic mass is 9.98. The molecule has 1 amide bonds. The van der Waals surface area contributed by atoms with Crippen LogP contribution in [0.15, 0.2) is 48.5 Å². The lowest BCUT2D eigenvalue weighted by molar-refractivity contribution is -0.0285. The van der Waals surface area contributed by atoms with Gasteiger partial charge < -0.3 is 72.0 Å². The summed E-state index contributed by atoms with van der Waals surface area (Å²) >= 11 is 0. The third-order valence-corrected chi connectivity index (χ3v) is 8.19. The van der Waals surface area contributed by atoms with Crippen molar-refractivity contribution in [2.24, 2.45) is 0 Å². The first-order valence-corrected chi connectivity index (χ1v) is 19.9. The molecule has 57 heavy (non-hydrogen) atoms. The minimum Gasteiger partial charge on any atom is -0.449 e. The van der Waals surface area contributed by atoms with Crippen molar-refractivity contribution in [1.82, 2.24) is 5.32 Å². The van der Waals surface area contributed by atoms with Crippen molar-refractivity contribution in [3.63, 3.8) is 0 Å². The third-order valence-electron chi connectivity index (χ3n) is 8.19. The Labute approximate surface area is 337 Å². The molecule has 1 aliphatic carbocycles. The molecule has 1 aliphatic rings. The molecule has 0 atom stereocenters. The Morgan fingerprint density at radius 1 is 0.421 bits per heavy atom. The van der Waals surface area contributed by atoms with Gasteiger partial charge in [0.1, 0.15) is 6.61 Å². The number of benzene rings is 2. The Morgan fingerprint density at radius 3 is 1.02 bits per heavy atom. The van der Waals surface area contributed by atoms with Gasteiger partial charge in [0.25, 0.3) is 0 Å². The van der Waals surface area contributed by atoms with Gasteiger partial charge in [-0.2, -0.15) is 0 Å². The number of amides is 1. The van der Waals surface area contributed by atoms with Crippen LogP contribution in [-0.2, 0) is 61.6 Å². The van der Waals surface area contributed by atoms with Crippen molar-refractivity contribution < 1.29 is 71.5 Å². The number of carbonyl (C=O) groups excluding carboxylic acids is 1. The van der Waals surface area contributed by atoms with Gasteiger partial charge in [-0.25, -0.2) is 4.79 Å². The van der Waals surface area contributed by atoms with E-state index in [2.05, 4.69) is 29.6 Å². The largest absolute Gasteiger partial charge is 0.449 e. The number of hydrogen-bond donors (Lipinski definition) is 2. The van der Waals surface area contributed by atoms with Crippen LogP contribution >= 0.6 is 0 Å². The van der Waals surface area contributed by atoms with Gasteiger partial charge in [0.2, 0.25) is 0 Å². The van der Waals surface area contributed by atoms with Crippen LogP contribution in [-0.4, -0.2) is 190 Å². The van der Waals surface area contributed by atoms with Gasteiger partial charge in [-0.05, 0) is 22.3 Å². The number of alkyl carbamates (subject to hydrolysis) is 1. The summed E-state index contributed by atoms with van der Waals surface area (Å²) in [5.41, 5.74) is 4.76. The molecule has 0 bridgehead atoms. The second-order valence-corrected chi connectivity index (χ2v) is 12.3. The maximum absolute atomic E-state index is 12.2. The number of aliphatic hydroxyl groups is 1. The maximum atomic E-state index is 12.2. The molecule has 2 aromatic carbocycles. The minimum atomic E-state index is -0.455. The molecule has 324 valence electrons. The average molecular weight is 812 g/mol. The van der Waals surface area contributed by atoms with Crippen molar-refractivity contribution >= 4 is 6.09 Å². The van der Waals surface area contributed by atoms with Gasteiger partial charge in [0.15, 0.2) is 0 Å². The molecule has 0 saturated heterocycles. The predicted molar refractivity (Wildman–Crippen MR) is 210 cm³/mol. The van der Waals surface area contributed by atoms with Crippen LogP contribution in [0.25, 0.3) is 11.1 Å². The van der Waals surface area contributed by atoms with Crippen LogP contribution in [0.3, 0.4) is 0 Å². The molecule has 2 aromatic rings. The SMILES string of the molecule is O=C(NCCOCCOCCOCCOCCOCCOCCOCCOCCOCCOCCOCCOCCO)OCC1c2ccccc2-c2ccccc21. The number of nitrogens with one attached hydrogen (secondary N) is 1. The van der Waals surface area contributed by atoms with Crippen molar-refractivity contribution in [1.29, 1.82) is 0 Å². The van der Waals surface area contributed by atoms with E-state index in [-0.39, 0.29) is 19.1 Å². The summed E-state index contributed by atoms with van der Waals surface area (Å²) < 4.78 is 70.8. The van der Waals surface area contributed by atoms with E-state index in [1.807, 2.05) is 24.3 Å². The molecule has 0 fully saturated rings. The quantitative estimate of drug-likeness (QED) is 0.0942. The standard InChI is InChI=1S/C41H65NO15/c43-10-12-46-14-16-48-18-20-50-22-24-52-26-28-54-30-32-56-34-33-55-31-29-53-27-25-51-23-21-49-19-17-47-15-13-45-11-9-42-41(44)57-35-40-38-7-3-1-5-36(38)37-6-2-4-8-39(37)40/h1-8,40,43H,9-35H2,(H,42,44). The van der Waals surface area contributed by atoms with Gasteiger partial charge in [-0.1, -0.05) is 48.5 Å². The zero-order valence-corrected chi connectivity index (χ0v) is 33.5. The number of ether oxygens (including phenoxy) is 13. The van der Waals surface area contributed by atoms with Gasteiger partial charge in [-0.3, -0.25) is 0 Å². The van der Waals surface area contributed by atoms with E-state index in [1.54, 1.807) is 0 Å². The Kier molecular flexibility index (Phi) is 30.0. The highest BCUT2D eigenvalue weighted by Gasteiger charge is 2.28. The predicted octanol–water partition coefficient (Wildman–Crippen LogP) is 2.72. The normalized spacial score (nSPS) is 12.2. The summed E-state index contributed by atoms with van der Waals surface area (Å²) in [6, 6.07) is 16.5. The molecule has 16 nitrogen and oxygen atoms in total. The molecule has 3 rings (SSSR count). The van der Waals surface area contributed by atoms with E-state index in [4.69, 9.17) is 66.7 Å².